The van der Waals surface area contributed by atoms with E-state index in [1.165, 1.54) is 4.88 Å². The molecule has 6 heteroatoms. The Labute approximate surface area is 119 Å². The highest BCUT2D eigenvalue weighted by molar-refractivity contribution is 7.90. The number of sulfonamides is 1. The smallest absolute Gasteiger partial charge is 0.235 e. The molecule has 1 aromatic rings. The van der Waals surface area contributed by atoms with Gasteiger partial charge in [0.2, 0.25) is 15.9 Å². The molecule has 0 spiro atoms. The number of hydrogen-bond donors (Lipinski definition) is 1. The third-order valence-electron chi connectivity index (χ3n) is 2.88. The lowest BCUT2D eigenvalue weighted by molar-refractivity contribution is -0.119. The second kappa shape index (κ2) is 7.65. The van der Waals surface area contributed by atoms with Crippen molar-refractivity contribution >= 4 is 27.3 Å². The molecule has 0 saturated carbocycles. The molecule has 1 heterocycles. The van der Waals surface area contributed by atoms with E-state index in [-0.39, 0.29) is 18.1 Å². The van der Waals surface area contributed by atoms with Gasteiger partial charge in [-0.05, 0) is 30.2 Å². The number of hydrogen-bond acceptors (Lipinski definition) is 4. The third kappa shape index (κ3) is 6.73. The Bertz CT molecular complexity index is 480. The summed E-state index contributed by atoms with van der Waals surface area (Å²) >= 11 is 1.65. The van der Waals surface area contributed by atoms with Crippen LogP contribution in [0.15, 0.2) is 17.5 Å². The molecule has 0 saturated heterocycles. The Morgan fingerprint density at radius 3 is 2.79 bits per heavy atom. The van der Waals surface area contributed by atoms with Gasteiger partial charge in [-0.15, -0.1) is 11.3 Å². The summed E-state index contributed by atoms with van der Waals surface area (Å²) in [6, 6.07) is 3.99. The number of carbonyl (C=O) groups is 1. The molecule has 1 aromatic heterocycles. The molecule has 1 N–H and O–H groups in total. The predicted molar refractivity (Wildman–Crippen MR) is 78.6 cm³/mol. The first-order valence-corrected chi connectivity index (χ1v) is 9.02. The van der Waals surface area contributed by atoms with Crippen LogP contribution in [0.5, 0.6) is 0 Å². The van der Waals surface area contributed by atoms with Crippen molar-refractivity contribution in [3.8, 4) is 0 Å². The van der Waals surface area contributed by atoms with Gasteiger partial charge in [0.1, 0.15) is 0 Å². The van der Waals surface area contributed by atoms with E-state index in [9.17, 15) is 13.2 Å². The lowest BCUT2D eigenvalue weighted by Gasteiger charge is -2.10. The van der Waals surface area contributed by atoms with Crippen molar-refractivity contribution in [3.63, 3.8) is 0 Å². The molecular weight excluding hydrogens is 282 g/mol. The standard InChI is InChI=1S/C13H21NO3S2/c1-3-11(2)10-19(16,17)14-13(15)8-4-6-12-7-5-9-18-12/h5,7,9,11H,3-4,6,8,10H2,1-2H3,(H,14,15). The average molecular weight is 303 g/mol. The summed E-state index contributed by atoms with van der Waals surface area (Å²) in [4.78, 5) is 12.8. The molecular formula is C13H21NO3S2. The lowest BCUT2D eigenvalue weighted by Crippen LogP contribution is -2.34. The second-order valence-electron chi connectivity index (χ2n) is 4.75. The Kier molecular flexibility index (Phi) is 6.51. The second-order valence-corrected chi connectivity index (χ2v) is 7.55. The summed E-state index contributed by atoms with van der Waals surface area (Å²) in [6.45, 7) is 3.80. The Morgan fingerprint density at radius 2 is 2.21 bits per heavy atom. The van der Waals surface area contributed by atoms with Crippen LogP contribution in [0.1, 0.15) is 38.0 Å². The Hall–Kier alpha value is -0.880. The zero-order valence-corrected chi connectivity index (χ0v) is 13.0. The number of thiophene rings is 1. The molecule has 1 atom stereocenters. The molecule has 4 nitrogen and oxygen atoms in total. The molecule has 0 fully saturated rings. The van der Waals surface area contributed by atoms with Crippen molar-refractivity contribution in [2.45, 2.75) is 39.5 Å². The molecule has 0 aromatic carbocycles. The molecule has 1 amide bonds. The van der Waals surface area contributed by atoms with Crippen molar-refractivity contribution in [1.29, 1.82) is 0 Å². The van der Waals surface area contributed by atoms with Crippen LogP contribution in [0.4, 0.5) is 0 Å². The first-order valence-electron chi connectivity index (χ1n) is 6.48. The Morgan fingerprint density at radius 1 is 1.47 bits per heavy atom. The highest BCUT2D eigenvalue weighted by Gasteiger charge is 2.17. The van der Waals surface area contributed by atoms with Crippen molar-refractivity contribution in [1.82, 2.24) is 4.72 Å². The summed E-state index contributed by atoms with van der Waals surface area (Å²) in [6.07, 6.45) is 2.52. The molecule has 0 aliphatic heterocycles. The maximum Gasteiger partial charge on any atom is 0.235 e. The van der Waals surface area contributed by atoms with E-state index < -0.39 is 15.9 Å². The van der Waals surface area contributed by atoms with Gasteiger partial charge in [0, 0.05) is 11.3 Å². The normalized spacial score (nSPS) is 13.2. The number of carbonyl (C=O) groups excluding carboxylic acids is 1. The van der Waals surface area contributed by atoms with Gasteiger partial charge in [0.05, 0.1) is 5.75 Å². The van der Waals surface area contributed by atoms with E-state index >= 15 is 0 Å². The van der Waals surface area contributed by atoms with Crippen molar-refractivity contribution < 1.29 is 13.2 Å². The highest BCUT2D eigenvalue weighted by Crippen LogP contribution is 2.12. The van der Waals surface area contributed by atoms with Gasteiger partial charge in [-0.1, -0.05) is 26.3 Å². The van der Waals surface area contributed by atoms with Crippen LogP contribution >= 0.6 is 11.3 Å². The SMILES string of the molecule is CCC(C)CS(=O)(=O)NC(=O)CCCc1cccs1. The molecule has 108 valence electrons. The van der Waals surface area contributed by atoms with Crippen LogP contribution in [-0.4, -0.2) is 20.1 Å². The molecule has 0 aliphatic rings. The van der Waals surface area contributed by atoms with E-state index in [2.05, 4.69) is 4.72 Å². The first kappa shape index (κ1) is 16.2. The van der Waals surface area contributed by atoms with Gasteiger partial charge in [-0.25, -0.2) is 8.42 Å². The number of rotatable bonds is 8. The van der Waals surface area contributed by atoms with Crippen LogP contribution in [-0.2, 0) is 21.2 Å². The van der Waals surface area contributed by atoms with E-state index in [0.717, 1.165) is 12.8 Å². The van der Waals surface area contributed by atoms with Crippen molar-refractivity contribution in [2.75, 3.05) is 5.75 Å². The van der Waals surface area contributed by atoms with Crippen molar-refractivity contribution in [2.24, 2.45) is 5.92 Å². The highest BCUT2D eigenvalue weighted by atomic mass is 32.2. The number of amides is 1. The molecule has 0 bridgehead atoms. The fraction of sp³-hybridized carbons (Fsp3) is 0.615. The maximum atomic E-state index is 11.7. The fourth-order valence-corrected chi connectivity index (χ4v) is 3.90. The quantitative estimate of drug-likeness (QED) is 0.803. The summed E-state index contributed by atoms with van der Waals surface area (Å²) < 4.78 is 25.5. The summed E-state index contributed by atoms with van der Waals surface area (Å²) in [5, 5.41) is 1.99. The number of nitrogens with one attached hydrogen (secondary N) is 1. The molecule has 1 unspecified atom stereocenters. The van der Waals surface area contributed by atoms with Crippen LogP contribution in [0, 0.1) is 5.92 Å². The third-order valence-corrected chi connectivity index (χ3v) is 5.36. The van der Waals surface area contributed by atoms with Gasteiger partial charge in [0.15, 0.2) is 0 Å². The van der Waals surface area contributed by atoms with E-state index in [0.29, 0.717) is 6.42 Å². The Balaban J connectivity index is 2.30. The average Bonchev–Trinajstić information content (AvgIpc) is 2.80. The van der Waals surface area contributed by atoms with E-state index in [1.54, 1.807) is 11.3 Å². The van der Waals surface area contributed by atoms with Crippen LogP contribution in [0.3, 0.4) is 0 Å². The predicted octanol–water partition coefficient (Wildman–Crippen LogP) is 2.56. The zero-order valence-electron chi connectivity index (χ0n) is 11.4. The zero-order chi connectivity index (χ0) is 14.3. The molecule has 0 aliphatic carbocycles. The molecule has 19 heavy (non-hydrogen) atoms. The van der Waals surface area contributed by atoms with Gasteiger partial charge >= 0.3 is 0 Å². The van der Waals surface area contributed by atoms with Gasteiger partial charge in [0.25, 0.3) is 0 Å². The summed E-state index contributed by atoms with van der Waals surface area (Å²) in [7, 11) is -3.47. The summed E-state index contributed by atoms with van der Waals surface area (Å²) in [5.74, 6) is -0.323. The van der Waals surface area contributed by atoms with Gasteiger partial charge < -0.3 is 0 Å². The minimum absolute atomic E-state index is 0.0141. The van der Waals surface area contributed by atoms with E-state index in [4.69, 9.17) is 0 Å². The van der Waals surface area contributed by atoms with Crippen LogP contribution in [0.25, 0.3) is 0 Å². The summed E-state index contributed by atoms with van der Waals surface area (Å²) in [5.41, 5.74) is 0. The first-order chi connectivity index (χ1) is 8.93. The fourth-order valence-electron chi connectivity index (χ4n) is 1.64. The van der Waals surface area contributed by atoms with Gasteiger partial charge in [-0.3, -0.25) is 9.52 Å². The number of aryl methyl sites for hydroxylation is 1. The maximum absolute atomic E-state index is 11.7. The largest absolute Gasteiger partial charge is 0.274 e. The monoisotopic (exact) mass is 303 g/mol. The van der Waals surface area contributed by atoms with Crippen LogP contribution in [0.2, 0.25) is 0 Å². The van der Waals surface area contributed by atoms with Crippen LogP contribution < -0.4 is 4.72 Å². The molecule has 1 rings (SSSR count). The van der Waals surface area contributed by atoms with E-state index in [1.807, 2.05) is 31.4 Å². The minimum atomic E-state index is -3.47. The van der Waals surface area contributed by atoms with Gasteiger partial charge in [-0.2, -0.15) is 0 Å². The molecule has 0 radical (unpaired) electrons. The topological polar surface area (TPSA) is 63.2 Å². The lowest BCUT2D eigenvalue weighted by atomic mass is 10.2. The van der Waals surface area contributed by atoms with Crippen molar-refractivity contribution in [3.05, 3.63) is 22.4 Å². The minimum Gasteiger partial charge on any atom is -0.274 e.